The van der Waals surface area contributed by atoms with Crippen LogP contribution in [-0.4, -0.2) is 47.8 Å². The van der Waals surface area contributed by atoms with E-state index in [2.05, 4.69) is 25.7 Å². The summed E-state index contributed by atoms with van der Waals surface area (Å²) in [6.45, 7) is 9.52. The molecule has 0 amide bonds. The van der Waals surface area contributed by atoms with Crippen molar-refractivity contribution in [3.05, 3.63) is 0 Å². The zero-order valence-corrected chi connectivity index (χ0v) is 13.8. The van der Waals surface area contributed by atoms with Gasteiger partial charge in [0.05, 0.1) is 19.1 Å². The largest absolute Gasteiger partial charge is 0.481 e. The molecule has 0 spiro atoms. The summed E-state index contributed by atoms with van der Waals surface area (Å²) in [7, 11) is 0. The van der Waals surface area contributed by atoms with Crippen molar-refractivity contribution in [3.63, 3.8) is 0 Å². The van der Waals surface area contributed by atoms with E-state index in [1.807, 2.05) is 0 Å². The van der Waals surface area contributed by atoms with Crippen LogP contribution in [0.1, 0.15) is 59.3 Å². The van der Waals surface area contributed by atoms with Crippen molar-refractivity contribution >= 4 is 5.97 Å². The first-order valence-electron chi connectivity index (χ1n) is 8.50. The zero-order valence-electron chi connectivity index (χ0n) is 13.8. The first-order chi connectivity index (χ1) is 9.92. The normalized spacial score (nSPS) is 32.0. The topological polar surface area (TPSA) is 49.8 Å². The van der Waals surface area contributed by atoms with E-state index in [-0.39, 0.29) is 12.5 Å². The fourth-order valence-corrected chi connectivity index (χ4v) is 3.90. The average Bonchev–Trinajstić information content (AvgIpc) is 2.47. The number of carboxylic acids is 1. The molecule has 2 fully saturated rings. The van der Waals surface area contributed by atoms with Gasteiger partial charge in [-0.3, -0.25) is 9.69 Å². The summed E-state index contributed by atoms with van der Waals surface area (Å²) in [6, 6.07) is 0.633. The van der Waals surface area contributed by atoms with Crippen LogP contribution in [0.25, 0.3) is 0 Å². The lowest BCUT2D eigenvalue weighted by Crippen LogP contribution is -2.49. The van der Waals surface area contributed by atoms with Crippen LogP contribution in [0.15, 0.2) is 0 Å². The maximum Gasteiger partial charge on any atom is 0.306 e. The molecule has 0 aromatic heterocycles. The molecule has 1 aliphatic carbocycles. The number of rotatable bonds is 5. The summed E-state index contributed by atoms with van der Waals surface area (Å²) in [5, 5.41) is 8.92. The van der Waals surface area contributed by atoms with Crippen LogP contribution in [0, 0.1) is 11.3 Å². The van der Waals surface area contributed by atoms with E-state index in [0.717, 1.165) is 19.0 Å². The second-order valence-corrected chi connectivity index (χ2v) is 7.43. The molecule has 1 saturated heterocycles. The number of hydrogen-bond donors (Lipinski definition) is 1. The molecule has 1 aliphatic heterocycles. The van der Waals surface area contributed by atoms with Crippen molar-refractivity contribution in [2.45, 2.75) is 71.4 Å². The predicted molar refractivity (Wildman–Crippen MR) is 83.4 cm³/mol. The third kappa shape index (κ3) is 4.43. The Morgan fingerprint density at radius 3 is 2.52 bits per heavy atom. The maximum absolute atomic E-state index is 10.8. The van der Waals surface area contributed by atoms with Crippen molar-refractivity contribution in [3.8, 4) is 0 Å². The van der Waals surface area contributed by atoms with Crippen molar-refractivity contribution in [2.75, 3.05) is 19.7 Å². The van der Waals surface area contributed by atoms with Gasteiger partial charge in [-0.15, -0.1) is 0 Å². The molecular weight excluding hydrogens is 266 g/mol. The van der Waals surface area contributed by atoms with Crippen LogP contribution in [0.5, 0.6) is 0 Å². The molecule has 0 aromatic rings. The Bertz CT molecular complexity index is 348. The zero-order chi connectivity index (χ0) is 15.5. The highest BCUT2D eigenvalue weighted by Gasteiger charge is 2.35. The van der Waals surface area contributed by atoms with Gasteiger partial charge < -0.3 is 9.84 Å². The molecular formula is C17H31NO3. The molecule has 1 heterocycles. The minimum Gasteiger partial charge on any atom is -0.481 e. The van der Waals surface area contributed by atoms with E-state index >= 15 is 0 Å². The molecule has 0 bridgehead atoms. The van der Waals surface area contributed by atoms with Gasteiger partial charge in [-0.1, -0.05) is 27.2 Å². The van der Waals surface area contributed by atoms with Gasteiger partial charge >= 0.3 is 5.97 Å². The van der Waals surface area contributed by atoms with Gasteiger partial charge in [0.25, 0.3) is 0 Å². The number of ether oxygens (including phenoxy) is 1. The minimum absolute atomic E-state index is 0.124. The SMILES string of the molecule is CCC(C)(C)C1CCC(N2CCOC(CC(=O)O)C2)CC1. The number of carboxylic acid groups (broad SMARTS) is 1. The van der Waals surface area contributed by atoms with E-state index in [1.165, 1.54) is 32.1 Å². The highest BCUT2D eigenvalue weighted by Crippen LogP contribution is 2.41. The monoisotopic (exact) mass is 297 g/mol. The average molecular weight is 297 g/mol. The lowest BCUT2D eigenvalue weighted by atomic mass is 9.68. The quantitative estimate of drug-likeness (QED) is 0.847. The number of carbonyl (C=O) groups is 1. The standard InChI is InChI=1S/C17H31NO3/c1-4-17(2,3)13-5-7-14(8-6-13)18-9-10-21-15(12-18)11-16(19)20/h13-15H,4-12H2,1-3H3,(H,19,20). The molecule has 0 aromatic carbocycles. The second-order valence-electron chi connectivity index (χ2n) is 7.43. The lowest BCUT2D eigenvalue weighted by Gasteiger charge is -2.44. The Labute approximate surface area is 128 Å². The van der Waals surface area contributed by atoms with E-state index < -0.39 is 5.97 Å². The third-order valence-corrected chi connectivity index (χ3v) is 5.80. The fraction of sp³-hybridized carbons (Fsp3) is 0.941. The molecule has 122 valence electrons. The van der Waals surface area contributed by atoms with Crippen LogP contribution in [0.2, 0.25) is 0 Å². The predicted octanol–water partition coefficient (Wildman–Crippen LogP) is 3.16. The Balaban J connectivity index is 1.83. The fourth-order valence-electron chi connectivity index (χ4n) is 3.90. The summed E-state index contributed by atoms with van der Waals surface area (Å²) < 4.78 is 5.58. The molecule has 4 heteroatoms. The van der Waals surface area contributed by atoms with Gasteiger partial charge in [0.15, 0.2) is 0 Å². The minimum atomic E-state index is -0.754. The molecule has 1 N–H and O–H groups in total. The van der Waals surface area contributed by atoms with Crippen molar-refractivity contribution in [1.82, 2.24) is 4.90 Å². The van der Waals surface area contributed by atoms with Crippen LogP contribution in [0.3, 0.4) is 0 Å². The smallest absolute Gasteiger partial charge is 0.306 e. The third-order valence-electron chi connectivity index (χ3n) is 5.80. The highest BCUT2D eigenvalue weighted by molar-refractivity contribution is 5.67. The van der Waals surface area contributed by atoms with E-state index in [9.17, 15) is 4.79 Å². The molecule has 2 aliphatic rings. The molecule has 2 rings (SSSR count). The van der Waals surface area contributed by atoms with Gasteiger partial charge in [0.2, 0.25) is 0 Å². The molecule has 4 nitrogen and oxygen atoms in total. The summed E-state index contributed by atoms with van der Waals surface area (Å²) in [6.07, 6.45) is 6.40. The molecule has 1 unspecified atom stereocenters. The van der Waals surface area contributed by atoms with Crippen LogP contribution < -0.4 is 0 Å². The summed E-state index contributed by atoms with van der Waals surface area (Å²) in [5.74, 6) is 0.0878. The van der Waals surface area contributed by atoms with Gasteiger partial charge in [0.1, 0.15) is 0 Å². The van der Waals surface area contributed by atoms with Crippen molar-refractivity contribution < 1.29 is 14.6 Å². The van der Waals surface area contributed by atoms with Crippen molar-refractivity contribution in [2.24, 2.45) is 11.3 Å². The van der Waals surface area contributed by atoms with E-state index in [4.69, 9.17) is 9.84 Å². The van der Waals surface area contributed by atoms with Gasteiger partial charge in [-0.2, -0.15) is 0 Å². The first kappa shape index (κ1) is 16.8. The van der Waals surface area contributed by atoms with Gasteiger partial charge in [-0.25, -0.2) is 0 Å². The molecule has 1 atom stereocenters. The second kappa shape index (κ2) is 7.10. The highest BCUT2D eigenvalue weighted by atomic mass is 16.5. The van der Waals surface area contributed by atoms with Crippen molar-refractivity contribution in [1.29, 1.82) is 0 Å². The first-order valence-corrected chi connectivity index (χ1v) is 8.50. The Morgan fingerprint density at radius 1 is 1.29 bits per heavy atom. The molecule has 1 saturated carbocycles. The number of nitrogens with zero attached hydrogens (tertiary/aromatic N) is 1. The summed E-state index contributed by atoms with van der Waals surface area (Å²) >= 11 is 0. The number of morpholine rings is 1. The van der Waals surface area contributed by atoms with Gasteiger partial charge in [0, 0.05) is 19.1 Å². The summed E-state index contributed by atoms with van der Waals surface area (Å²) in [5.41, 5.74) is 0.460. The number of hydrogen-bond acceptors (Lipinski definition) is 3. The number of aliphatic carboxylic acids is 1. The van der Waals surface area contributed by atoms with Crippen LogP contribution in [-0.2, 0) is 9.53 Å². The van der Waals surface area contributed by atoms with Gasteiger partial charge in [-0.05, 0) is 37.0 Å². The Hall–Kier alpha value is -0.610. The van der Waals surface area contributed by atoms with E-state index in [1.54, 1.807) is 0 Å². The van der Waals surface area contributed by atoms with Crippen LogP contribution >= 0.6 is 0 Å². The molecule has 0 radical (unpaired) electrons. The van der Waals surface area contributed by atoms with E-state index in [0.29, 0.717) is 18.1 Å². The summed E-state index contributed by atoms with van der Waals surface area (Å²) in [4.78, 5) is 13.3. The lowest BCUT2D eigenvalue weighted by molar-refractivity contribution is -0.142. The Kier molecular flexibility index (Phi) is 5.67. The Morgan fingerprint density at radius 2 is 1.95 bits per heavy atom. The van der Waals surface area contributed by atoms with Crippen LogP contribution in [0.4, 0.5) is 0 Å². The molecule has 21 heavy (non-hydrogen) atoms. The maximum atomic E-state index is 10.8.